The van der Waals surface area contributed by atoms with Gasteiger partial charge in [0.2, 0.25) is 0 Å². The first-order valence-corrected chi connectivity index (χ1v) is 18.0. The summed E-state index contributed by atoms with van der Waals surface area (Å²) in [5.41, 5.74) is -0.275. The van der Waals surface area contributed by atoms with E-state index in [1.54, 1.807) is 0 Å². The van der Waals surface area contributed by atoms with Crippen LogP contribution in [0.15, 0.2) is 12.1 Å². The largest absolute Gasteiger partial charge is 0.462 e. The predicted octanol–water partition coefficient (Wildman–Crippen LogP) is 10.9. The number of benzene rings is 2. The van der Waals surface area contributed by atoms with E-state index in [0.29, 0.717) is 35.5 Å². The number of carbonyl (C=O) groups is 4. The molecule has 4 atom stereocenters. The van der Waals surface area contributed by atoms with Crippen molar-refractivity contribution < 1.29 is 38.1 Å². The maximum atomic E-state index is 13.1. The van der Waals surface area contributed by atoms with Crippen LogP contribution in [0.4, 0.5) is 0 Å². The number of rotatable bonds is 14. The third kappa shape index (κ3) is 8.85. The molecular formula is C34H36Cl6O8. The molecule has 0 spiro atoms. The minimum atomic E-state index is -1.64. The highest BCUT2D eigenvalue weighted by Gasteiger charge is 2.48. The Bertz CT molecular complexity index is 1500. The lowest BCUT2D eigenvalue weighted by atomic mass is 10.0. The average Bonchev–Trinajstić information content (AvgIpc) is 3.92. The summed E-state index contributed by atoms with van der Waals surface area (Å²) in [4.78, 5) is 52.1. The van der Waals surface area contributed by atoms with Crippen LogP contribution in [-0.2, 0) is 19.1 Å². The Balaban J connectivity index is 1.44. The van der Waals surface area contributed by atoms with Crippen molar-refractivity contribution in [3.63, 3.8) is 0 Å². The van der Waals surface area contributed by atoms with Crippen molar-refractivity contribution in [2.45, 2.75) is 79.1 Å². The van der Waals surface area contributed by atoms with Crippen molar-refractivity contribution in [2.75, 3.05) is 13.2 Å². The second kappa shape index (κ2) is 15.9. The Morgan fingerprint density at radius 3 is 1.31 bits per heavy atom. The average molecular weight is 785 g/mol. The van der Waals surface area contributed by atoms with Crippen LogP contribution >= 0.6 is 69.6 Å². The molecule has 262 valence electrons. The monoisotopic (exact) mass is 782 g/mol. The molecule has 2 aromatic rings. The maximum absolute atomic E-state index is 13.1. The van der Waals surface area contributed by atoms with Gasteiger partial charge in [0, 0.05) is 0 Å². The smallest absolute Gasteiger partial charge is 0.423 e. The normalized spacial score (nSPS) is 22.5. The van der Waals surface area contributed by atoms with Crippen LogP contribution in [0.3, 0.4) is 0 Å². The van der Waals surface area contributed by atoms with E-state index in [1.165, 1.54) is 0 Å². The molecule has 0 heterocycles. The third-order valence-corrected chi connectivity index (χ3v) is 11.9. The number of halogens is 6. The Kier molecular flexibility index (Phi) is 12.9. The van der Waals surface area contributed by atoms with Gasteiger partial charge in [-0.05, 0) is 73.3 Å². The number of carbonyl (C=O) groups excluding carboxylic acids is 4. The van der Waals surface area contributed by atoms with Gasteiger partial charge in [0.1, 0.15) is 11.1 Å². The molecule has 2 fully saturated rings. The molecule has 8 nitrogen and oxygen atoms in total. The molecule has 0 aliphatic heterocycles. The first-order chi connectivity index (χ1) is 22.6. The highest BCUT2D eigenvalue weighted by Crippen LogP contribution is 2.57. The standard InChI is InChI=1S/C34H36Cl6O8/c1-5-33(3)15-17(33)9-7-11-45-29(41)23-25(39)19(35)13-21(37)27(23)47-31(43)32(44)48-28-22(38)14-20(36)26(40)24(28)30(42)46-12-8-10-18-16-34(18,4)6-2/h13-14,17-18H,5-12,15-16H2,1-4H3. The summed E-state index contributed by atoms with van der Waals surface area (Å²) in [6.07, 6.45) is 7.36. The molecule has 48 heavy (non-hydrogen) atoms. The van der Waals surface area contributed by atoms with Crippen molar-refractivity contribution in [2.24, 2.45) is 22.7 Å². The van der Waals surface area contributed by atoms with Crippen LogP contribution < -0.4 is 9.47 Å². The molecule has 0 amide bonds. The van der Waals surface area contributed by atoms with Gasteiger partial charge in [0.15, 0.2) is 11.5 Å². The fourth-order valence-electron chi connectivity index (χ4n) is 5.90. The van der Waals surface area contributed by atoms with Crippen LogP contribution in [0.1, 0.15) is 99.8 Å². The highest BCUT2D eigenvalue weighted by molar-refractivity contribution is 6.47. The van der Waals surface area contributed by atoms with Gasteiger partial charge in [0.25, 0.3) is 0 Å². The molecule has 0 N–H and O–H groups in total. The summed E-state index contributed by atoms with van der Waals surface area (Å²) in [7, 11) is 0. The molecule has 4 unspecified atom stereocenters. The lowest BCUT2D eigenvalue weighted by Crippen LogP contribution is -2.27. The summed E-state index contributed by atoms with van der Waals surface area (Å²) >= 11 is 37.4. The quantitative estimate of drug-likeness (QED) is 0.0613. The first-order valence-electron chi connectivity index (χ1n) is 15.7. The van der Waals surface area contributed by atoms with Gasteiger partial charge in [0.05, 0.1) is 43.3 Å². The summed E-state index contributed by atoms with van der Waals surface area (Å²) in [6, 6.07) is 2.26. The summed E-state index contributed by atoms with van der Waals surface area (Å²) < 4.78 is 21.1. The van der Waals surface area contributed by atoms with Crippen molar-refractivity contribution in [1.29, 1.82) is 0 Å². The van der Waals surface area contributed by atoms with Crippen molar-refractivity contribution in [3.05, 3.63) is 53.4 Å². The minimum Gasteiger partial charge on any atom is -0.462 e. The second-order valence-corrected chi connectivity index (χ2v) is 15.3. The molecule has 2 aliphatic rings. The molecule has 0 radical (unpaired) electrons. The van der Waals surface area contributed by atoms with E-state index >= 15 is 0 Å². The van der Waals surface area contributed by atoms with Crippen LogP contribution in [0.25, 0.3) is 0 Å². The van der Waals surface area contributed by atoms with Crippen molar-refractivity contribution >= 4 is 93.5 Å². The van der Waals surface area contributed by atoms with Gasteiger partial charge < -0.3 is 18.9 Å². The van der Waals surface area contributed by atoms with Gasteiger partial charge in [-0.1, -0.05) is 110 Å². The van der Waals surface area contributed by atoms with Gasteiger partial charge in [-0.2, -0.15) is 0 Å². The highest BCUT2D eigenvalue weighted by atomic mass is 35.5. The maximum Gasteiger partial charge on any atom is 0.423 e. The van der Waals surface area contributed by atoms with Crippen LogP contribution in [0.5, 0.6) is 11.5 Å². The van der Waals surface area contributed by atoms with E-state index in [9.17, 15) is 19.2 Å². The van der Waals surface area contributed by atoms with Crippen molar-refractivity contribution in [1.82, 2.24) is 0 Å². The Hall–Kier alpha value is -1.94. The number of hydrogen-bond acceptors (Lipinski definition) is 8. The lowest BCUT2D eigenvalue weighted by molar-refractivity contribution is -0.156. The number of ether oxygens (including phenoxy) is 4. The number of esters is 4. The predicted molar refractivity (Wildman–Crippen MR) is 186 cm³/mol. The zero-order valence-corrected chi connectivity index (χ0v) is 31.4. The van der Waals surface area contributed by atoms with Crippen LogP contribution in [0, 0.1) is 22.7 Å². The topological polar surface area (TPSA) is 105 Å². The zero-order valence-electron chi connectivity index (χ0n) is 26.9. The van der Waals surface area contributed by atoms with Gasteiger partial charge in [-0.15, -0.1) is 0 Å². The minimum absolute atomic E-state index is 0.0679. The Labute approximate surface area is 309 Å². The summed E-state index contributed by atoms with van der Waals surface area (Å²) in [6.45, 7) is 8.88. The van der Waals surface area contributed by atoms with E-state index in [0.717, 1.165) is 50.7 Å². The van der Waals surface area contributed by atoms with E-state index in [2.05, 4.69) is 27.7 Å². The fourth-order valence-corrected chi connectivity index (χ4v) is 7.34. The molecule has 2 aliphatic carbocycles. The van der Waals surface area contributed by atoms with E-state index in [4.69, 9.17) is 88.6 Å². The molecule has 4 rings (SSSR count). The lowest BCUT2D eigenvalue weighted by Gasteiger charge is -2.16. The SMILES string of the molecule is CCC1(C)CC1CCCOC(=O)c1c(Cl)c(Cl)cc(Cl)c1OC(=O)C(=O)Oc1c(Cl)cc(Cl)c(Cl)c1C(=O)OCCCC1CC1(C)CC. The molecule has 0 aromatic heterocycles. The van der Waals surface area contributed by atoms with E-state index in [-0.39, 0.29) is 43.3 Å². The zero-order chi connectivity index (χ0) is 35.6. The Morgan fingerprint density at radius 1 is 0.646 bits per heavy atom. The molecule has 2 saturated carbocycles. The van der Waals surface area contributed by atoms with E-state index < -0.39 is 46.5 Å². The van der Waals surface area contributed by atoms with E-state index in [1.807, 2.05) is 0 Å². The molecule has 0 bridgehead atoms. The van der Waals surface area contributed by atoms with Gasteiger partial charge in [-0.25, -0.2) is 19.2 Å². The second-order valence-electron chi connectivity index (χ2n) is 12.9. The van der Waals surface area contributed by atoms with Gasteiger partial charge in [-0.3, -0.25) is 0 Å². The van der Waals surface area contributed by atoms with Crippen molar-refractivity contribution in [3.8, 4) is 11.5 Å². The summed E-state index contributed by atoms with van der Waals surface area (Å²) in [5.74, 6) is -5.24. The molecule has 2 aromatic carbocycles. The fraction of sp³-hybridized carbons (Fsp3) is 0.529. The molecule has 0 saturated heterocycles. The van der Waals surface area contributed by atoms with Crippen LogP contribution in [0.2, 0.25) is 30.1 Å². The van der Waals surface area contributed by atoms with Crippen LogP contribution in [-0.4, -0.2) is 37.1 Å². The molecule has 14 heteroatoms. The Morgan fingerprint density at radius 2 is 1.00 bits per heavy atom. The summed E-state index contributed by atoms with van der Waals surface area (Å²) in [5, 5.41) is -1.46. The third-order valence-electron chi connectivity index (χ3n) is 9.77. The first kappa shape index (κ1) is 38.9. The number of hydrogen-bond donors (Lipinski definition) is 0. The van der Waals surface area contributed by atoms with Gasteiger partial charge >= 0.3 is 23.9 Å². The molecular weight excluding hydrogens is 749 g/mol.